The molecule has 0 aromatic rings. The number of hydrogen-bond acceptors (Lipinski definition) is 13. The molecule has 0 radical (unpaired) electrons. The summed E-state index contributed by atoms with van der Waals surface area (Å²) in [5.41, 5.74) is -1.58. The number of fused-ring (bicyclic) bond motifs is 2. The van der Waals surface area contributed by atoms with E-state index in [4.69, 9.17) is 11.6 Å². The number of alkyl halides is 4. The molecule has 4 N–H and O–H groups in total. The highest BCUT2D eigenvalue weighted by atomic mass is 35.5. The Morgan fingerprint density at radius 3 is 1.82 bits per heavy atom. The first-order valence-corrected chi connectivity index (χ1v) is 36.3. The Kier molecular flexibility index (Phi) is 27.7. The number of aliphatic hydroxyl groups excluding tert-OH is 1. The van der Waals surface area contributed by atoms with Crippen molar-refractivity contribution in [2.24, 2.45) is 29.6 Å². The number of hydrogen-bond donors (Lipinski definition) is 4. The molecule has 0 aromatic carbocycles. The highest BCUT2D eigenvalue weighted by molar-refractivity contribution is 6.21. The molecule has 7 fully saturated rings. The summed E-state index contributed by atoms with van der Waals surface area (Å²) in [5, 5.41) is 18.0. The van der Waals surface area contributed by atoms with Gasteiger partial charge in [0.1, 0.15) is 59.9 Å². The molecule has 1 spiro atoms. The topological polar surface area (TPSA) is 290 Å². The zero-order valence-corrected chi connectivity index (χ0v) is 60.3. The summed E-state index contributed by atoms with van der Waals surface area (Å²) in [4.78, 5) is 190. The third kappa shape index (κ3) is 18.6. The lowest BCUT2D eigenvalue weighted by Gasteiger charge is -2.45. The SMILES string of the molecule is CC(C)C[C@H]1C(=O)N[C@@H](CO)C(=O)N(C)[C@@H](C)C(=O)N2CC[C@H]2C(=O)N(C)[C@@H](CC2CCCCC2)C(=O)N(C)CC(=O)N[C@@H](CCC2CCC(C(F)(F)F)C(Cl)C2)C(=O)N2CCC[C@H]2C(=O)NC2(CCCC2)C(=O)N(C)[C@@H](C(C)C)C(=O)N(C)[C@H](C(=O)N2CCCCC2)CC(=O)N1C. The van der Waals surface area contributed by atoms with E-state index >= 15 is 19.2 Å². The Morgan fingerprint density at radius 2 is 1.23 bits per heavy atom. The van der Waals surface area contributed by atoms with Crippen molar-refractivity contribution in [1.29, 1.82) is 0 Å². The van der Waals surface area contributed by atoms with Crippen LogP contribution in [0.4, 0.5) is 13.2 Å². The highest BCUT2D eigenvalue weighted by Gasteiger charge is 2.52. The molecule has 7 aliphatic rings. The fraction of sp³-hybridized carbons (Fsp3) is 0.826. The standard InChI is InChI=1S/C69H110ClF3N12O13/c1-41(2)35-52-58(89)75-49(40-86)61(92)78(7)43(5)60(91)85-34-28-51(85)64(95)80(9)53(37-44-21-14-12-15-22-44)63(94)77(6)39-55(87)74-48(27-25-45-24-26-46(47(70)36-45)69(71,72)73)62(93)84-33-20-23-50(84)59(90)76-68(29-16-17-30-68)67(98)82(11)57(42(3)4)66(97)81(10)54(38-56(88)79(52)8)65(96)83-31-18-13-19-32-83/h41-54,57,86H,12-40H2,1-11H3,(H,74,87)(H,75,89)(H,76,90)/t43-,45?,46?,47?,48-,49-,50-,51-,52-,53-,54-,57-/m0/s1. The average Bonchev–Trinajstić information content (AvgIpc) is 1.49. The van der Waals surface area contributed by atoms with Crippen LogP contribution in [-0.2, 0) is 57.5 Å². The van der Waals surface area contributed by atoms with Gasteiger partial charge >= 0.3 is 6.18 Å². The number of carbonyl (C=O) groups excluding carboxylic acids is 12. The van der Waals surface area contributed by atoms with Crippen LogP contribution in [0.15, 0.2) is 0 Å². The summed E-state index contributed by atoms with van der Waals surface area (Å²) >= 11 is 6.39. The van der Waals surface area contributed by atoms with Crippen LogP contribution in [0.1, 0.15) is 182 Å². The molecular formula is C69H110ClF3N12O13. The zero-order chi connectivity index (χ0) is 72.4. The van der Waals surface area contributed by atoms with Gasteiger partial charge in [-0.05, 0) is 127 Å². The van der Waals surface area contributed by atoms with Gasteiger partial charge in [0.05, 0.1) is 25.5 Å². The van der Waals surface area contributed by atoms with Crippen LogP contribution < -0.4 is 16.0 Å². The maximum absolute atomic E-state index is 15.4. The molecule has 7 rings (SSSR count). The minimum Gasteiger partial charge on any atom is -0.394 e. The van der Waals surface area contributed by atoms with Gasteiger partial charge in [-0.25, -0.2) is 0 Å². The fourth-order valence-electron chi connectivity index (χ4n) is 16.0. The highest BCUT2D eigenvalue weighted by Crippen LogP contribution is 2.44. The number of aliphatic hydroxyl groups is 1. The molecule has 25 nitrogen and oxygen atoms in total. The molecular weight excluding hydrogens is 1300 g/mol. The van der Waals surface area contributed by atoms with Crippen molar-refractivity contribution < 1.29 is 75.8 Å². The van der Waals surface area contributed by atoms with Crippen LogP contribution >= 0.6 is 11.6 Å². The van der Waals surface area contributed by atoms with Gasteiger partial charge in [0.15, 0.2) is 0 Å². The van der Waals surface area contributed by atoms with Crippen LogP contribution in [0.25, 0.3) is 0 Å². The molecule has 4 aliphatic heterocycles. The molecule has 4 heterocycles. The fourth-order valence-corrected chi connectivity index (χ4v) is 16.6. The second-order valence-electron chi connectivity index (χ2n) is 29.9. The molecule has 4 saturated heterocycles. The number of likely N-dealkylation sites (tertiary alicyclic amines) is 1. The lowest BCUT2D eigenvalue weighted by molar-refractivity contribution is -0.182. The molecule has 0 aromatic heterocycles. The second kappa shape index (κ2) is 34.4. The van der Waals surface area contributed by atoms with Crippen molar-refractivity contribution in [2.75, 3.05) is 81.6 Å². The first kappa shape index (κ1) is 79.0. The van der Waals surface area contributed by atoms with Crippen LogP contribution in [-0.4, -0.2) is 273 Å². The number of carbonyl (C=O) groups is 12. The smallest absolute Gasteiger partial charge is 0.393 e. The van der Waals surface area contributed by atoms with E-state index in [0.717, 1.165) is 53.2 Å². The van der Waals surface area contributed by atoms with Gasteiger partial charge in [-0.1, -0.05) is 72.6 Å². The van der Waals surface area contributed by atoms with Crippen LogP contribution in [0.3, 0.4) is 0 Å². The van der Waals surface area contributed by atoms with Gasteiger partial charge in [0.25, 0.3) is 0 Å². The number of halogens is 4. The summed E-state index contributed by atoms with van der Waals surface area (Å²) in [6.45, 7) is 7.85. The van der Waals surface area contributed by atoms with Crippen LogP contribution in [0.5, 0.6) is 0 Å². The average molecular weight is 1410 g/mol. The first-order chi connectivity index (χ1) is 46.1. The normalized spacial score (nSPS) is 31.0. The van der Waals surface area contributed by atoms with Gasteiger partial charge in [-0.3, -0.25) is 57.5 Å². The van der Waals surface area contributed by atoms with Gasteiger partial charge in [0.2, 0.25) is 70.9 Å². The summed E-state index contributed by atoms with van der Waals surface area (Å²) in [6, 6.07) is -11.6. The van der Waals surface area contributed by atoms with Crippen molar-refractivity contribution >= 4 is 82.5 Å². The lowest BCUT2D eigenvalue weighted by Crippen LogP contribution is -2.65. The van der Waals surface area contributed by atoms with E-state index in [2.05, 4.69) is 16.0 Å². The summed E-state index contributed by atoms with van der Waals surface area (Å²) in [7, 11) is 8.36. The lowest BCUT2D eigenvalue weighted by atomic mass is 9.78. The van der Waals surface area contributed by atoms with E-state index < -0.39 is 174 Å². The summed E-state index contributed by atoms with van der Waals surface area (Å²) < 4.78 is 42.0. The predicted molar refractivity (Wildman–Crippen MR) is 358 cm³/mol. The number of piperidine rings is 1. The number of likely N-dealkylation sites (N-methyl/N-ethyl adjacent to an activating group) is 6. The third-order valence-electron chi connectivity index (χ3n) is 22.3. The van der Waals surface area contributed by atoms with Gasteiger partial charge in [0, 0.05) is 73.8 Å². The van der Waals surface area contributed by atoms with E-state index in [-0.39, 0.29) is 101 Å². The first-order valence-electron chi connectivity index (χ1n) is 35.8. The quantitative estimate of drug-likeness (QED) is 0.225. The number of nitrogens with zero attached hydrogens (tertiary/aromatic N) is 9. The Morgan fingerprint density at radius 1 is 0.602 bits per heavy atom. The Bertz CT molecular complexity index is 2890. The maximum atomic E-state index is 15.4. The van der Waals surface area contributed by atoms with Crippen molar-refractivity contribution in [3.8, 4) is 0 Å². The molecule has 12 amide bonds. The number of amides is 12. The molecule has 29 heteroatoms. The van der Waals surface area contributed by atoms with Crippen molar-refractivity contribution in [2.45, 2.75) is 254 Å². The zero-order valence-electron chi connectivity index (χ0n) is 59.5. The van der Waals surface area contributed by atoms with E-state index in [1.54, 1.807) is 18.7 Å². The molecule has 12 atom stereocenters. The van der Waals surface area contributed by atoms with Crippen molar-refractivity contribution in [3.05, 3.63) is 0 Å². The molecule has 98 heavy (non-hydrogen) atoms. The van der Waals surface area contributed by atoms with E-state index in [1.165, 1.54) is 73.7 Å². The van der Waals surface area contributed by atoms with E-state index in [0.29, 0.717) is 45.2 Å². The molecule has 3 aliphatic carbocycles. The van der Waals surface area contributed by atoms with Crippen LogP contribution in [0, 0.1) is 29.6 Å². The second-order valence-corrected chi connectivity index (χ2v) is 30.5. The summed E-state index contributed by atoms with van der Waals surface area (Å²) in [6.07, 6.45) is 3.74. The Hall–Kier alpha value is -6.32. The molecule has 552 valence electrons. The molecule has 3 unspecified atom stereocenters. The minimum absolute atomic E-state index is 0.00665. The van der Waals surface area contributed by atoms with E-state index in [9.17, 15) is 56.6 Å². The Labute approximate surface area is 581 Å². The van der Waals surface area contributed by atoms with Gasteiger partial charge in [-0.2, -0.15) is 13.2 Å². The van der Waals surface area contributed by atoms with Crippen molar-refractivity contribution in [3.63, 3.8) is 0 Å². The van der Waals surface area contributed by atoms with Gasteiger partial charge < -0.3 is 65.2 Å². The molecule has 0 bridgehead atoms. The Balaban J connectivity index is 1.26. The maximum Gasteiger partial charge on any atom is 0.393 e. The summed E-state index contributed by atoms with van der Waals surface area (Å²) in [5.74, 6) is -11.1. The minimum atomic E-state index is -4.51. The number of nitrogens with one attached hydrogen (secondary N) is 3. The monoisotopic (exact) mass is 1410 g/mol. The van der Waals surface area contributed by atoms with Gasteiger partial charge in [-0.15, -0.1) is 11.6 Å². The predicted octanol–water partition coefficient (Wildman–Crippen LogP) is 4.04. The molecule has 3 saturated carbocycles. The number of rotatable bonds is 10. The van der Waals surface area contributed by atoms with Crippen molar-refractivity contribution in [1.82, 2.24) is 60.0 Å². The largest absolute Gasteiger partial charge is 0.394 e. The van der Waals surface area contributed by atoms with E-state index in [1.807, 2.05) is 13.8 Å². The third-order valence-corrected chi connectivity index (χ3v) is 22.8. The van der Waals surface area contributed by atoms with Crippen LogP contribution in [0.2, 0.25) is 0 Å².